The number of hydrogen-bond donors (Lipinski definition) is 6. The predicted molar refractivity (Wildman–Crippen MR) is 152 cm³/mol. The molecule has 0 aromatic heterocycles. The molecule has 4 atom stereocenters. The van der Waals surface area contributed by atoms with Crippen molar-refractivity contribution in [2.24, 2.45) is 11.5 Å². The van der Waals surface area contributed by atoms with Gasteiger partial charge in [0.05, 0.1) is 36.1 Å². The zero-order valence-electron chi connectivity index (χ0n) is 24.3. The van der Waals surface area contributed by atoms with E-state index >= 15 is 0 Å². The van der Waals surface area contributed by atoms with E-state index in [4.69, 9.17) is 11.5 Å². The summed E-state index contributed by atoms with van der Waals surface area (Å²) in [5.41, 5.74) is 14.3. The Hall–Kier alpha value is -4.30. The molecule has 0 spiro atoms. The number of rotatable bonds is 12. The van der Waals surface area contributed by atoms with E-state index in [0.717, 1.165) is 22.3 Å². The number of hydrogen-bond acceptors (Lipinski definition) is 10. The molecule has 4 amide bonds. The Morgan fingerprint density at radius 1 is 0.667 bits per heavy atom. The maximum absolute atomic E-state index is 12.2. The second-order valence-corrected chi connectivity index (χ2v) is 10.6. The fourth-order valence-electron chi connectivity index (χ4n) is 4.90. The van der Waals surface area contributed by atoms with Gasteiger partial charge in [-0.05, 0) is 47.9 Å². The molecule has 245 valence electrons. The quantitative estimate of drug-likeness (QED) is 0.121. The molecule has 2 aromatic rings. The zero-order valence-corrected chi connectivity index (χ0v) is 25.2. The first-order chi connectivity index (χ1) is 20.9. The molecule has 8 N–H and O–H groups in total. The minimum absolute atomic E-state index is 0. The SMILES string of the molecule is NC(=O)CCC(NC(=O)[C@@H]1Cc2ccccc2CN1)C(=O)[O-].NC(=O)CCC(NC(=O)[C@@H]1Cc2ccccc2CN1)C(=O)[O-].[Cu+2]. The number of carbonyl (C=O) groups excluding carboxylic acids is 6. The number of aliphatic carboxylic acids is 2. The number of carboxylic acid groups (broad SMARTS) is 2. The van der Waals surface area contributed by atoms with Crippen LogP contribution in [0.5, 0.6) is 0 Å². The van der Waals surface area contributed by atoms with Gasteiger partial charge >= 0.3 is 17.1 Å². The van der Waals surface area contributed by atoms with Crippen molar-refractivity contribution < 1.29 is 56.0 Å². The Balaban J connectivity index is 0.000000307. The van der Waals surface area contributed by atoms with Gasteiger partial charge in [0.1, 0.15) is 0 Å². The molecular formula is C30H36CuN6O8. The summed E-state index contributed by atoms with van der Waals surface area (Å²) in [6.45, 7) is 1.09. The summed E-state index contributed by atoms with van der Waals surface area (Å²) in [5.74, 6) is -4.94. The molecule has 2 heterocycles. The van der Waals surface area contributed by atoms with E-state index in [1.54, 1.807) is 0 Å². The zero-order chi connectivity index (χ0) is 32.2. The molecule has 0 fully saturated rings. The maximum Gasteiger partial charge on any atom is 2.00 e. The van der Waals surface area contributed by atoms with E-state index < -0.39 is 59.7 Å². The smallest absolute Gasteiger partial charge is 0.548 e. The third-order valence-corrected chi connectivity index (χ3v) is 7.36. The van der Waals surface area contributed by atoms with Crippen molar-refractivity contribution in [1.29, 1.82) is 0 Å². The Kier molecular flexibility index (Phi) is 14.6. The molecule has 2 aliphatic heterocycles. The first-order valence-electron chi connectivity index (χ1n) is 14.1. The molecule has 0 bridgehead atoms. The van der Waals surface area contributed by atoms with Gasteiger partial charge in [0.15, 0.2) is 0 Å². The summed E-state index contributed by atoms with van der Waals surface area (Å²) >= 11 is 0. The largest absolute Gasteiger partial charge is 2.00 e. The van der Waals surface area contributed by atoms with E-state index in [-0.39, 0.29) is 42.8 Å². The van der Waals surface area contributed by atoms with Crippen molar-refractivity contribution in [2.45, 2.75) is 75.8 Å². The molecule has 2 unspecified atom stereocenters. The van der Waals surface area contributed by atoms with Crippen LogP contribution in [0, 0.1) is 0 Å². The van der Waals surface area contributed by atoms with Gasteiger partial charge in [-0.2, -0.15) is 0 Å². The molecule has 0 saturated carbocycles. The van der Waals surface area contributed by atoms with E-state index in [2.05, 4.69) is 21.3 Å². The van der Waals surface area contributed by atoms with Crippen LogP contribution in [0.4, 0.5) is 0 Å². The number of primary amides is 2. The van der Waals surface area contributed by atoms with Crippen LogP contribution in [0.3, 0.4) is 0 Å². The van der Waals surface area contributed by atoms with Crippen molar-refractivity contribution in [2.75, 3.05) is 0 Å². The normalized spacial score (nSPS) is 17.7. The number of carbonyl (C=O) groups is 6. The molecule has 14 nitrogen and oxygen atoms in total. The number of nitrogens with two attached hydrogens (primary N) is 2. The summed E-state index contributed by atoms with van der Waals surface area (Å²) in [4.78, 5) is 67.9. The van der Waals surface area contributed by atoms with Crippen LogP contribution < -0.4 is 42.9 Å². The predicted octanol–water partition coefficient (Wildman–Crippen LogP) is -3.60. The van der Waals surface area contributed by atoms with Gasteiger partial charge in [0, 0.05) is 25.9 Å². The van der Waals surface area contributed by atoms with Crippen molar-refractivity contribution >= 4 is 35.6 Å². The molecule has 4 rings (SSSR count). The summed E-state index contributed by atoms with van der Waals surface area (Å²) in [6, 6.07) is 12.0. The van der Waals surface area contributed by atoms with Crippen LogP contribution in [-0.2, 0) is 71.8 Å². The molecule has 45 heavy (non-hydrogen) atoms. The van der Waals surface area contributed by atoms with Gasteiger partial charge in [0.2, 0.25) is 23.6 Å². The van der Waals surface area contributed by atoms with Gasteiger partial charge in [-0.15, -0.1) is 0 Å². The second kappa shape index (κ2) is 17.9. The Morgan fingerprint density at radius 3 is 1.31 bits per heavy atom. The van der Waals surface area contributed by atoms with E-state index in [1.165, 1.54) is 0 Å². The monoisotopic (exact) mass is 671 g/mol. The fraction of sp³-hybridized carbons (Fsp3) is 0.400. The van der Waals surface area contributed by atoms with Crippen LogP contribution in [-0.4, -0.2) is 59.7 Å². The third kappa shape index (κ3) is 11.6. The summed E-state index contributed by atoms with van der Waals surface area (Å²) in [7, 11) is 0. The number of nitrogens with one attached hydrogen (secondary N) is 4. The molecule has 15 heteroatoms. The second-order valence-electron chi connectivity index (χ2n) is 10.6. The first kappa shape index (κ1) is 36.9. The molecule has 0 saturated heterocycles. The summed E-state index contributed by atoms with van der Waals surface area (Å²) < 4.78 is 0. The summed E-state index contributed by atoms with van der Waals surface area (Å²) in [5, 5.41) is 33.0. The number of carboxylic acids is 2. The van der Waals surface area contributed by atoms with Crippen molar-refractivity contribution in [3.8, 4) is 0 Å². The van der Waals surface area contributed by atoms with Crippen LogP contribution in [0.15, 0.2) is 48.5 Å². The summed E-state index contributed by atoms with van der Waals surface area (Å²) in [6.07, 6.45) is 0.564. The van der Waals surface area contributed by atoms with Crippen molar-refractivity contribution in [1.82, 2.24) is 21.3 Å². The molecule has 2 aliphatic rings. The fourth-order valence-corrected chi connectivity index (χ4v) is 4.90. The number of amides is 4. The van der Waals surface area contributed by atoms with E-state index in [1.807, 2.05) is 48.5 Å². The Labute approximate surface area is 270 Å². The third-order valence-electron chi connectivity index (χ3n) is 7.36. The standard InChI is InChI=1S/2C15H19N3O4.Cu/c2*16-13(19)6-5-11(15(21)22)18-14(20)12-7-9-3-1-2-4-10(9)8-17-12;/h2*1-4,11-12,17H,5-8H2,(H2,16,19)(H,18,20)(H,21,22);/q;;+2/p-2/t2*11?,12-;/m00./s1. The van der Waals surface area contributed by atoms with E-state index in [9.17, 15) is 39.0 Å². The number of fused-ring (bicyclic) bond motifs is 2. The van der Waals surface area contributed by atoms with Crippen LogP contribution >= 0.6 is 0 Å². The maximum atomic E-state index is 12.2. The molecule has 1 radical (unpaired) electrons. The minimum Gasteiger partial charge on any atom is -0.548 e. The van der Waals surface area contributed by atoms with Crippen molar-refractivity contribution in [3.05, 3.63) is 70.8 Å². The number of benzene rings is 2. The van der Waals surface area contributed by atoms with Crippen LogP contribution in [0.25, 0.3) is 0 Å². The van der Waals surface area contributed by atoms with Crippen LogP contribution in [0.1, 0.15) is 47.9 Å². The Morgan fingerprint density at radius 2 is 1.00 bits per heavy atom. The average Bonchev–Trinajstić information content (AvgIpc) is 3.00. The Bertz CT molecular complexity index is 1290. The van der Waals surface area contributed by atoms with Gasteiger partial charge in [0.25, 0.3) is 0 Å². The molecule has 0 aliphatic carbocycles. The average molecular weight is 672 g/mol. The van der Waals surface area contributed by atoms with Gasteiger partial charge < -0.3 is 52.5 Å². The van der Waals surface area contributed by atoms with Crippen LogP contribution in [0.2, 0.25) is 0 Å². The first-order valence-corrected chi connectivity index (χ1v) is 14.1. The molecule has 2 aromatic carbocycles. The minimum atomic E-state index is -1.43. The topological polar surface area (TPSA) is 249 Å². The van der Waals surface area contributed by atoms with Gasteiger partial charge in [-0.25, -0.2) is 0 Å². The van der Waals surface area contributed by atoms with E-state index in [0.29, 0.717) is 25.9 Å². The molecular weight excluding hydrogens is 636 g/mol. The van der Waals surface area contributed by atoms with Crippen molar-refractivity contribution in [3.63, 3.8) is 0 Å². The van der Waals surface area contributed by atoms with Gasteiger partial charge in [-0.1, -0.05) is 48.5 Å². The van der Waals surface area contributed by atoms with Gasteiger partial charge in [-0.3, -0.25) is 19.2 Å².